The van der Waals surface area contributed by atoms with Crippen molar-refractivity contribution >= 4 is 29.9 Å². The van der Waals surface area contributed by atoms with Crippen molar-refractivity contribution in [1.29, 1.82) is 0 Å². The zero-order valence-electron chi connectivity index (χ0n) is 7.73. The van der Waals surface area contributed by atoms with Crippen LogP contribution >= 0.6 is 29.9 Å². The Morgan fingerprint density at radius 3 is 2.69 bits per heavy atom. The topological polar surface area (TPSA) is 9.23 Å². The number of halogens is 1. The smallest absolute Gasteiger partial charge is 0.119 e. The van der Waals surface area contributed by atoms with Crippen LogP contribution in [0.25, 0.3) is 0 Å². The minimum Gasteiger partial charge on any atom is -0.497 e. The van der Waals surface area contributed by atoms with Crippen molar-refractivity contribution in [3.63, 3.8) is 0 Å². The van der Waals surface area contributed by atoms with Crippen LogP contribution in [0.1, 0.15) is 11.1 Å². The average molecular weight is 279 g/mol. The van der Waals surface area contributed by atoms with Gasteiger partial charge < -0.3 is 4.74 Å². The van der Waals surface area contributed by atoms with Gasteiger partial charge in [0.1, 0.15) is 5.75 Å². The van der Waals surface area contributed by atoms with Gasteiger partial charge in [-0.15, -0.1) is 8.53 Å². The molecule has 1 rings (SSSR count). The predicted octanol–water partition coefficient (Wildman–Crippen LogP) is 4.09. The first-order chi connectivity index (χ1) is 6.11. The van der Waals surface area contributed by atoms with Gasteiger partial charge in [-0.3, -0.25) is 0 Å². The molecule has 0 spiro atoms. The first-order valence-electron chi connectivity index (χ1n) is 3.99. The van der Waals surface area contributed by atoms with Gasteiger partial charge >= 0.3 is 0 Å². The molecule has 0 N–H and O–H groups in total. The largest absolute Gasteiger partial charge is 0.497 e. The Bertz CT molecular complexity index is 325. The van der Waals surface area contributed by atoms with E-state index in [2.05, 4.69) is 43.1 Å². The minimum absolute atomic E-state index is 0.565. The van der Waals surface area contributed by atoms with Crippen molar-refractivity contribution in [2.24, 2.45) is 0 Å². The highest BCUT2D eigenvalue weighted by molar-refractivity contribution is 9.40. The number of hydrogen-bond donors (Lipinski definition) is 0. The van der Waals surface area contributed by atoms with E-state index in [-0.39, 0.29) is 0 Å². The molecule has 0 saturated heterocycles. The highest BCUT2D eigenvalue weighted by Crippen LogP contribution is 2.41. The van der Waals surface area contributed by atoms with Gasteiger partial charge in [-0.1, -0.05) is 21.6 Å². The molecule has 0 saturated carbocycles. The van der Waals surface area contributed by atoms with Crippen LogP contribution in [0.2, 0.25) is 0 Å². The fourth-order valence-electron chi connectivity index (χ4n) is 1.22. The van der Waals surface area contributed by atoms with E-state index in [4.69, 9.17) is 4.74 Å². The van der Waals surface area contributed by atoms with E-state index in [0.717, 1.165) is 11.9 Å². The first-order valence-corrected chi connectivity index (χ1v) is 9.45. The summed E-state index contributed by atoms with van der Waals surface area (Å²) in [6.45, 7) is 2.08. The standard InChI is InChI=1S/C9H13BrOP2/c1-7-3-8(6-13(10)12)5-9(4-7)11-2/h3-5,12-13H,6H2,1-2H3. The maximum Gasteiger partial charge on any atom is 0.119 e. The summed E-state index contributed by atoms with van der Waals surface area (Å²) in [6, 6.07) is 6.31. The molecule has 0 heterocycles. The highest BCUT2D eigenvalue weighted by atomic mass is 79.9. The zero-order valence-corrected chi connectivity index (χ0v) is 11.3. The third-order valence-corrected chi connectivity index (χ3v) is 3.80. The molecule has 0 amide bonds. The van der Waals surface area contributed by atoms with Crippen molar-refractivity contribution in [3.05, 3.63) is 29.3 Å². The number of hydrogen-bond acceptors (Lipinski definition) is 1. The zero-order chi connectivity index (χ0) is 9.84. The van der Waals surface area contributed by atoms with Crippen molar-refractivity contribution < 1.29 is 4.74 Å². The van der Waals surface area contributed by atoms with Crippen LogP contribution in [0.4, 0.5) is 0 Å². The number of aryl methyl sites for hydroxylation is 1. The monoisotopic (exact) mass is 278 g/mol. The van der Waals surface area contributed by atoms with Crippen LogP contribution in [0, 0.1) is 6.92 Å². The fraction of sp³-hybridized carbons (Fsp3) is 0.333. The summed E-state index contributed by atoms with van der Waals surface area (Å²) in [5.41, 5.74) is 2.56. The molecule has 1 unspecified atom stereocenters. The normalized spacial score (nSPS) is 12.5. The Kier molecular flexibility index (Phi) is 4.52. The maximum absolute atomic E-state index is 5.20. The summed E-state index contributed by atoms with van der Waals surface area (Å²) in [5, 5.41) is 0. The molecule has 72 valence electrons. The Labute approximate surface area is 90.0 Å². The van der Waals surface area contributed by atoms with Crippen molar-refractivity contribution in [2.45, 2.75) is 13.1 Å². The molecule has 1 nitrogen and oxygen atoms in total. The number of rotatable bonds is 3. The fourth-order valence-corrected chi connectivity index (χ4v) is 3.37. The summed E-state index contributed by atoms with van der Waals surface area (Å²) in [7, 11) is 5.31. The molecule has 0 aliphatic carbocycles. The minimum atomic E-state index is -0.565. The Balaban J connectivity index is 2.94. The van der Waals surface area contributed by atoms with Crippen molar-refractivity contribution in [2.75, 3.05) is 7.11 Å². The lowest BCUT2D eigenvalue weighted by Gasteiger charge is -2.05. The van der Waals surface area contributed by atoms with E-state index in [1.165, 1.54) is 11.1 Å². The van der Waals surface area contributed by atoms with E-state index in [1.54, 1.807) is 7.11 Å². The van der Waals surface area contributed by atoms with E-state index < -0.39 is 5.91 Å². The van der Waals surface area contributed by atoms with Gasteiger partial charge in [-0.25, -0.2) is 0 Å². The van der Waals surface area contributed by atoms with Gasteiger partial charge in [-0.05, 0) is 36.1 Å². The lowest BCUT2D eigenvalue weighted by Crippen LogP contribution is -1.87. The van der Waals surface area contributed by atoms with Crippen LogP contribution in [0.3, 0.4) is 0 Å². The van der Waals surface area contributed by atoms with E-state index >= 15 is 0 Å². The first kappa shape index (κ1) is 11.3. The summed E-state index contributed by atoms with van der Waals surface area (Å²) in [6.07, 6.45) is 1.06. The summed E-state index contributed by atoms with van der Waals surface area (Å²) < 4.78 is 5.20. The molecule has 0 radical (unpaired) electrons. The summed E-state index contributed by atoms with van der Waals surface area (Å²) in [5.74, 6) is 0.377. The Hall–Kier alpha value is 0.230. The van der Waals surface area contributed by atoms with Gasteiger partial charge in [-0.2, -0.15) is 0 Å². The molecule has 0 aromatic heterocycles. The highest BCUT2D eigenvalue weighted by Gasteiger charge is 1.98. The summed E-state index contributed by atoms with van der Waals surface area (Å²) in [4.78, 5) is 0. The second kappa shape index (κ2) is 5.20. The molecular weight excluding hydrogens is 266 g/mol. The molecule has 1 aromatic rings. The van der Waals surface area contributed by atoms with Gasteiger partial charge in [0.15, 0.2) is 0 Å². The van der Waals surface area contributed by atoms with Crippen LogP contribution in [-0.2, 0) is 6.16 Å². The van der Waals surface area contributed by atoms with Crippen molar-refractivity contribution in [1.82, 2.24) is 0 Å². The van der Waals surface area contributed by atoms with Gasteiger partial charge in [0, 0.05) is 6.16 Å². The third kappa shape index (κ3) is 3.85. The molecule has 1 atom stereocenters. The molecule has 13 heavy (non-hydrogen) atoms. The number of benzene rings is 1. The third-order valence-electron chi connectivity index (χ3n) is 1.71. The molecule has 4 heteroatoms. The Morgan fingerprint density at radius 1 is 1.46 bits per heavy atom. The van der Waals surface area contributed by atoms with Crippen LogP contribution in [0.15, 0.2) is 18.2 Å². The van der Waals surface area contributed by atoms with Crippen LogP contribution < -0.4 is 4.74 Å². The molecule has 0 fully saturated rings. The van der Waals surface area contributed by atoms with E-state index in [1.807, 2.05) is 6.07 Å². The predicted molar refractivity (Wildman–Crippen MR) is 67.0 cm³/mol. The average Bonchev–Trinajstić information content (AvgIpc) is 2.01. The van der Waals surface area contributed by atoms with Gasteiger partial charge in [0.05, 0.1) is 7.11 Å². The van der Waals surface area contributed by atoms with Crippen LogP contribution in [-0.4, -0.2) is 7.11 Å². The second-order valence-electron chi connectivity index (χ2n) is 2.94. The quantitative estimate of drug-likeness (QED) is 0.757. The molecule has 0 aliphatic rings. The second-order valence-corrected chi connectivity index (χ2v) is 11.0. The van der Waals surface area contributed by atoms with Gasteiger partial charge in [0.25, 0.3) is 0 Å². The van der Waals surface area contributed by atoms with Crippen molar-refractivity contribution in [3.8, 4) is 5.75 Å². The van der Waals surface area contributed by atoms with E-state index in [9.17, 15) is 0 Å². The number of methoxy groups -OCH3 is 1. The lowest BCUT2D eigenvalue weighted by molar-refractivity contribution is 0.414. The molecule has 1 aromatic carbocycles. The lowest BCUT2D eigenvalue weighted by atomic mass is 10.1. The Morgan fingerprint density at radius 2 is 2.15 bits per heavy atom. The number of ether oxygens (including phenoxy) is 1. The molecular formula is C9H13BrOP2. The van der Waals surface area contributed by atoms with Crippen LogP contribution in [0.5, 0.6) is 5.75 Å². The van der Waals surface area contributed by atoms with E-state index in [0.29, 0.717) is 0 Å². The van der Waals surface area contributed by atoms with Gasteiger partial charge in [0.2, 0.25) is 0 Å². The summed E-state index contributed by atoms with van der Waals surface area (Å²) >= 11 is 3.56. The molecule has 0 aliphatic heterocycles. The molecule has 0 bridgehead atoms. The SMILES string of the molecule is COc1cc(C)cc(C[PH](=P)Br)c1. The maximum atomic E-state index is 5.20.